The van der Waals surface area contributed by atoms with Crippen LogP contribution in [0.4, 0.5) is 4.39 Å². The minimum absolute atomic E-state index is 0.206. The number of ether oxygens (including phenoxy) is 1. The monoisotopic (exact) mass is 290 g/mol. The van der Waals surface area contributed by atoms with Crippen molar-refractivity contribution in [2.45, 2.75) is 31.4 Å². The number of piperazine rings is 1. The van der Waals surface area contributed by atoms with Gasteiger partial charge in [-0.05, 0) is 30.9 Å². The first-order valence-corrected chi connectivity index (χ1v) is 8.15. The van der Waals surface area contributed by atoms with Crippen molar-refractivity contribution in [2.24, 2.45) is 5.92 Å². The molecule has 2 saturated heterocycles. The molecule has 2 atom stereocenters. The number of fused-ring (bicyclic) bond motifs is 1. The Hall–Kier alpha value is -1.13. The van der Waals surface area contributed by atoms with Crippen molar-refractivity contribution in [1.29, 1.82) is 0 Å². The third kappa shape index (κ3) is 3.22. The fourth-order valence-corrected chi connectivity index (χ4v) is 3.71. The highest BCUT2D eigenvalue weighted by molar-refractivity contribution is 5.23. The molecular weight excluding hydrogens is 267 g/mol. The zero-order valence-corrected chi connectivity index (χ0v) is 12.4. The summed E-state index contributed by atoms with van der Waals surface area (Å²) in [6.45, 7) is 5.80. The molecule has 1 aromatic rings. The Morgan fingerprint density at radius 3 is 2.90 bits per heavy atom. The Morgan fingerprint density at radius 1 is 1.19 bits per heavy atom. The molecule has 0 aromatic heterocycles. The summed E-state index contributed by atoms with van der Waals surface area (Å²) in [6, 6.07) is 7.12. The minimum Gasteiger partial charge on any atom is -0.489 e. The molecule has 0 spiro atoms. The lowest BCUT2D eigenvalue weighted by Gasteiger charge is -2.37. The smallest absolute Gasteiger partial charge is 0.126 e. The van der Waals surface area contributed by atoms with Gasteiger partial charge in [0, 0.05) is 51.3 Å². The summed E-state index contributed by atoms with van der Waals surface area (Å²) in [6.07, 6.45) is 4.13. The zero-order chi connectivity index (χ0) is 14.2. The molecular formula is C17H23FN2O. The molecule has 1 aromatic carbocycles. The van der Waals surface area contributed by atoms with Gasteiger partial charge in [0.15, 0.2) is 0 Å². The quantitative estimate of drug-likeness (QED) is 0.847. The topological polar surface area (TPSA) is 15.7 Å². The number of nitrogens with zero attached hydrogens (tertiary/aromatic N) is 2. The lowest BCUT2D eigenvalue weighted by atomic mass is 10.1. The first-order valence-electron chi connectivity index (χ1n) is 8.15. The zero-order valence-electron chi connectivity index (χ0n) is 12.4. The van der Waals surface area contributed by atoms with Crippen molar-refractivity contribution in [3.8, 4) is 5.75 Å². The van der Waals surface area contributed by atoms with Crippen LogP contribution >= 0.6 is 0 Å². The number of halogens is 1. The predicted octanol–water partition coefficient (Wildman–Crippen LogP) is 2.37. The molecule has 21 heavy (non-hydrogen) atoms. The molecule has 0 bridgehead atoms. The fraction of sp³-hybridized carbons (Fsp3) is 0.647. The van der Waals surface area contributed by atoms with Crippen LogP contribution in [0.2, 0.25) is 0 Å². The van der Waals surface area contributed by atoms with Gasteiger partial charge in [0.05, 0.1) is 0 Å². The molecule has 0 radical (unpaired) electrons. The maximum absolute atomic E-state index is 13.2. The van der Waals surface area contributed by atoms with Crippen molar-refractivity contribution < 1.29 is 9.13 Å². The van der Waals surface area contributed by atoms with Crippen LogP contribution in [0.25, 0.3) is 0 Å². The van der Waals surface area contributed by atoms with Crippen molar-refractivity contribution in [3.63, 3.8) is 0 Å². The van der Waals surface area contributed by atoms with Crippen LogP contribution in [0.3, 0.4) is 0 Å². The van der Waals surface area contributed by atoms with Gasteiger partial charge in [-0.15, -0.1) is 0 Å². The van der Waals surface area contributed by atoms with Gasteiger partial charge in [-0.3, -0.25) is 4.90 Å². The summed E-state index contributed by atoms with van der Waals surface area (Å²) in [4.78, 5) is 5.18. The Morgan fingerprint density at radius 2 is 2.10 bits per heavy atom. The van der Waals surface area contributed by atoms with Gasteiger partial charge in [0.25, 0.3) is 0 Å². The van der Waals surface area contributed by atoms with Crippen molar-refractivity contribution in [3.05, 3.63) is 30.1 Å². The summed E-state index contributed by atoms with van der Waals surface area (Å²) in [5.74, 6) is 1.41. The maximum atomic E-state index is 13.2. The Bertz CT molecular complexity index is 505. The van der Waals surface area contributed by atoms with Crippen LogP contribution < -0.4 is 4.74 Å². The number of hydrogen-bond acceptors (Lipinski definition) is 3. The van der Waals surface area contributed by atoms with E-state index < -0.39 is 0 Å². The van der Waals surface area contributed by atoms with Crippen LogP contribution in [0.1, 0.15) is 19.3 Å². The second-order valence-corrected chi connectivity index (χ2v) is 6.78. The van der Waals surface area contributed by atoms with Crippen LogP contribution in [0.5, 0.6) is 5.75 Å². The molecule has 3 aliphatic rings. The first-order chi connectivity index (χ1) is 10.3. The highest BCUT2D eigenvalue weighted by Gasteiger charge is 2.38. The molecule has 114 valence electrons. The molecule has 3 nitrogen and oxygen atoms in total. The summed E-state index contributed by atoms with van der Waals surface area (Å²) >= 11 is 0. The average Bonchev–Trinajstić information content (AvgIpc) is 3.17. The van der Waals surface area contributed by atoms with E-state index in [1.165, 1.54) is 44.6 Å². The van der Waals surface area contributed by atoms with Gasteiger partial charge in [-0.2, -0.15) is 0 Å². The molecule has 4 heteroatoms. The SMILES string of the molecule is Fc1cccc(OC2CC3CN(CC4CC4)CCN3C2)c1. The number of benzene rings is 1. The van der Waals surface area contributed by atoms with E-state index in [1.807, 2.05) is 6.07 Å². The molecule has 1 saturated carbocycles. The van der Waals surface area contributed by atoms with Crippen LogP contribution in [0, 0.1) is 11.7 Å². The van der Waals surface area contributed by atoms with Gasteiger partial charge in [-0.1, -0.05) is 6.07 Å². The Labute approximate surface area is 125 Å². The predicted molar refractivity (Wildman–Crippen MR) is 80.0 cm³/mol. The van der Waals surface area contributed by atoms with Crippen molar-refractivity contribution >= 4 is 0 Å². The highest BCUT2D eigenvalue weighted by Crippen LogP contribution is 2.32. The van der Waals surface area contributed by atoms with E-state index in [-0.39, 0.29) is 11.9 Å². The molecule has 2 unspecified atom stereocenters. The Kier molecular flexibility index (Phi) is 3.59. The average molecular weight is 290 g/mol. The van der Waals surface area contributed by atoms with Crippen LogP contribution in [-0.4, -0.2) is 54.7 Å². The van der Waals surface area contributed by atoms with E-state index in [2.05, 4.69) is 9.80 Å². The van der Waals surface area contributed by atoms with E-state index in [4.69, 9.17) is 4.74 Å². The van der Waals surface area contributed by atoms with E-state index in [0.29, 0.717) is 11.8 Å². The van der Waals surface area contributed by atoms with Gasteiger partial charge >= 0.3 is 0 Å². The van der Waals surface area contributed by atoms with Crippen LogP contribution in [-0.2, 0) is 0 Å². The molecule has 4 rings (SSSR count). The van der Waals surface area contributed by atoms with Crippen LogP contribution in [0.15, 0.2) is 24.3 Å². The van der Waals surface area contributed by atoms with E-state index in [9.17, 15) is 4.39 Å². The van der Waals surface area contributed by atoms with Crippen molar-refractivity contribution in [1.82, 2.24) is 9.80 Å². The minimum atomic E-state index is -0.223. The second kappa shape index (κ2) is 5.58. The standard InChI is InChI=1S/C17H23FN2O/c18-14-2-1-3-16(8-14)21-17-9-15-11-19(10-13-4-5-13)6-7-20(15)12-17/h1-3,8,13,15,17H,4-7,9-12H2. The summed E-state index contributed by atoms with van der Waals surface area (Å²) < 4.78 is 19.2. The van der Waals surface area contributed by atoms with E-state index in [0.717, 1.165) is 25.4 Å². The Balaban J connectivity index is 1.33. The van der Waals surface area contributed by atoms with Crippen molar-refractivity contribution in [2.75, 3.05) is 32.7 Å². The number of rotatable bonds is 4. The third-order valence-electron chi connectivity index (χ3n) is 4.97. The number of hydrogen-bond donors (Lipinski definition) is 0. The molecule has 3 fully saturated rings. The molecule has 0 N–H and O–H groups in total. The van der Waals surface area contributed by atoms with Gasteiger partial charge < -0.3 is 9.64 Å². The second-order valence-electron chi connectivity index (χ2n) is 6.78. The van der Waals surface area contributed by atoms with Gasteiger partial charge in [-0.25, -0.2) is 4.39 Å². The van der Waals surface area contributed by atoms with Gasteiger partial charge in [0.1, 0.15) is 17.7 Å². The lowest BCUT2D eigenvalue weighted by Crippen LogP contribution is -2.50. The summed E-state index contributed by atoms with van der Waals surface area (Å²) in [7, 11) is 0. The maximum Gasteiger partial charge on any atom is 0.126 e. The fourth-order valence-electron chi connectivity index (χ4n) is 3.71. The molecule has 1 aliphatic carbocycles. The normalized spacial score (nSPS) is 30.3. The summed E-state index contributed by atoms with van der Waals surface area (Å²) in [5.41, 5.74) is 0. The van der Waals surface area contributed by atoms with E-state index in [1.54, 1.807) is 6.07 Å². The van der Waals surface area contributed by atoms with E-state index >= 15 is 0 Å². The van der Waals surface area contributed by atoms with Gasteiger partial charge in [0.2, 0.25) is 0 Å². The largest absolute Gasteiger partial charge is 0.489 e. The molecule has 2 aliphatic heterocycles. The third-order valence-corrected chi connectivity index (χ3v) is 4.97. The molecule has 0 amide bonds. The highest BCUT2D eigenvalue weighted by atomic mass is 19.1. The summed E-state index contributed by atoms with van der Waals surface area (Å²) in [5, 5.41) is 0. The molecule has 2 heterocycles. The lowest BCUT2D eigenvalue weighted by molar-refractivity contribution is 0.0994. The first kappa shape index (κ1) is 13.5.